The van der Waals surface area contributed by atoms with Crippen molar-refractivity contribution in [3.8, 4) is 0 Å². The van der Waals surface area contributed by atoms with Gasteiger partial charge in [0, 0.05) is 18.1 Å². The molecule has 1 aliphatic rings. The van der Waals surface area contributed by atoms with Gasteiger partial charge in [-0.2, -0.15) is 0 Å². The third-order valence-corrected chi connectivity index (χ3v) is 5.03. The molecular weight excluding hydrogens is 208 g/mol. The third-order valence-electron chi connectivity index (χ3n) is 5.03. The molecule has 0 spiro atoms. The van der Waals surface area contributed by atoms with Crippen molar-refractivity contribution in [2.75, 3.05) is 13.6 Å². The zero-order chi connectivity index (χ0) is 12.9. The van der Waals surface area contributed by atoms with E-state index in [9.17, 15) is 0 Å². The van der Waals surface area contributed by atoms with Crippen molar-refractivity contribution in [1.82, 2.24) is 4.90 Å². The molecule has 1 unspecified atom stereocenters. The van der Waals surface area contributed by atoms with Gasteiger partial charge in [-0.25, -0.2) is 0 Å². The van der Waals surface area contributed by atoms with E-state index in [2.05, 4.69) is 32.7 Å². The van der Waals surface area contributed by atoms with Crippen LogP contribution in [0.15, 0.2) is 0 Å². The monoisotopic (exact) mass is 240 g/mol. The van der Waals surface area contributed by atoms with Crippen LogP contribution in [0.5, 0.6) is 0 Å². The summed E-state index contributed by atoms with van der Waals surface area (Å²) in [5.41, 5.74) is 6.35. The van der Waals surface area contributed by atoms with Crippen LogP contribution in [0, 0.1) is 5.92 Å². The van der Waals surface area contributed by atoms with Gasteiger partial charge in [-0.15, -0.1) is 0 Å². The molecule has 0 aromatic heterocycles. The molecule has 0 aromatic carbocycles. The molecule has 0 saturated heterocycles. The van der Waals surface area contributed by atoms with Gasteiger partial charge in [-0.1, -0.05) is 27.2 Å². The average Bonchev–Trinajstić information content (AvgIpc) is 2.36. The highest BCUT2D eigenvalue weighted by atomic mass is 15.2. The number of rotatable bonds is 6. The summed E-state index contributed by atoms with van der Waals surface area (Å²) in [6, 6.07) is 0.765. The van der Waals surface area contributed by atoms with Crippen LogP contribution in [-0.2, 0) is 0 Å². The number of likely N-dealkylation sites (N-methyl/N-ethyl adjacent to an activating group) is 1. The molecule has 1 saturated carbocycles. The Bertz CT molecular complexity index is 203. The third kappa shape index (κ3) is 3.45. The summed E-state index contributed by atoms with van der Waals surface area (Å²) in [5.74, 6) is 0.930. The van der Waals surface area contributed by atoms with Crippen molar-refractivity contribution in [2.24, 2.45) is 11.7 Å². The first-order valence-corrected chi connectivity index (χ1v) is 7.52. The lowest BCUT2D eigenvalue weighted by atomic mass is 9.82. The van der Waals surface area contributed by atoms with Gasteiger partial charge in [0.2, 0.25) is 0 Å². The number of nitrogens with zero attached hydrogens (tertiary/aromatic N) is 1. The lowest BCUT2D eigenvalue weighted by molar-refractivity contribution is 0.0401. The van der Waals surface area contributed by atoms with Crippen LogP contribution < -0.4 is 5.73 Å². The fourth-order valence-electron chi connectivity index (χ4n) is 3.48. The summed E-state index contributed by atoms with van der Waals surface area (Å²) in [7, 11) is 2.31. The van der Waals surface area contributed by atoms with Crippen LogP contribution in [0.25, 0.3) is 0 Å². The Morgan fingerprint density at radius 3 is 2.18 bits per heavy atom. The lowest BCUT2D eigenvalue weighted by Gasteiger charge is -2.47. The Morgan fingerprint density at radius 1 is 1.18 bits per heavy atom. The van der Waals surface area contributed by atoms with Crippen molar-refractivity contribution in [2.45, 2.75) is 77.3 Å². The summed E-state index contributed by atoms with van der Waals surface area (Å²) >= 11 is 0. The predicted octanol–water partition coefficient (Wildman–Crippen LogP) is 3.40. The first-order valence-electron chi connectivity index (χ1n) is 7.52. The van der Waals surface area contributed by atoms with Crippen LogP contribution in [0.2, 0.25) is 0 Å². The molecule has 0 aliphatic heterocycles. The fraction of sp³-hybridized carbons (Fsp3) is 1.00. The zero-order valence-electron chi connectivity index (χ0n) is 12.3. The molecule has 0 aromatic rings. The van der Waals surface area contributed by atoms with Crippen molar-refractivity contribution < 1.29 is 0 Å². The highest BCUT2D eigenvalue weighted by Crippen LogP contribution is 2.33. The van der Waals surface area contributed by atoms with Gasteiger partial charge in [0.1, 0.15) is 0 Å². The van der Waals surface area contributed by atoms with Gasteiger partial charge in [0.15, 0.2) is 0 Å². The molecule has 17 heavy (non-hydrogen) atoms. The second kappa shape index (κ2) is 6.75. The van der Waals surface area contributed by atoms with Gasteiger partial charge in [-0.3, -0.25) is 4.90 Å². The zero-order valence-corrected chi connectivity index (χ0v) is 12.3. The van der Waals surface area contributed by atoms with Crippen molar-refractivity contribution >= 4 is 0 Å². The first kappa shape index (κ1) is 15.0. The van der Waals surface area contributed by atoms with Crippen LogP contribution >= 0.6 is 0 Å². The number of hydrogen-bond acceptors (Lipinski definition) is 2. The molecule has 1 fully saturated rings. The lowest BCUT2D eigenvalue weighted by Crippen LogP contribution is -2.56. The standard InChI is InChI=1S/C15H32N2/c1-5-11-15(6-2,12-16)17(4)14-9-7-13(3)8-10-14/h13-14H,5-12,16H2,1-4H3. The smallest absolute Gasteiger partial charge is 0.0328 e. The van der Waals surface area contributed by atoms with E-state index in [-0.39, 0.29) is 5.54 Å². The van der Waals surface area contributed by atoms with E-state index in [1.165, 1.54) is 44.9 Å². The van der Waals surface area contributed by atoms with Crippen molar-refractivity contribution in [1.29, 1.82) is 0 Å². The minimum atomic E-state index is 0.250. The van der Waals surface area contributed by atoms with E-state index < -0.39 is 0 Å². The summed E-state index contributed by atoms with van der Waals surface area (Å²) in [5, 5.41) is 0. The van der Waals surface area contributed by atoms with Crippen LogP contribution in [0.4, 0.5) is 0 Å². The van der Waals surface area contributed by atoms with Crippen LogP contribution in [-0.4, -0.2) is 30.1 Å². The molecule has 0 heterocycles. The largest absolute Gasteiger partial charge is 0.329 e. The van der Waals surface area contributed by atoms with Crippen LogP contribution in [0.1, 0.15) is 65.7 Å². The molecule has 0 bridgehead atoms. The summed E-state index contributed by atoms with van der Waals surface area (Å²) < 4.78 is 0. The molecule has 1 rings (SSSR count). The quantitative estimate of drug-likeness (QED) is 0.771. The fourth-order valence-corrected chi connectivity index (χ4v) is 3.48. The van der Waals surface area contributed by atoms with Gasteiger partial charge in [0.05, 0.1) is 0 Å². The Morgan fingerprint density at radius 2 is 1.76 bits per heavy atom. The maximum absolute atomic E-state index is 6.10. The molecule has 1 aliphatic carbocycles. The minimum absolute atomic E-state index is 0.250. The Labute approximate surface area is 108 Å². The van der Waals surface area contributed by atoms with E-state index in [4.69, 9.17) is 5.73 Å². The molecule has 2 N–H and O–H groups in total. The van der Waals surface area contributed by atoms with Gasteiger partial charge < -0.3 is 5.73 Å². The normalized spacial score (nSPS) is 29.3. The topological polar surface area (TPSA) is 29.3 Å². The average molecular weight is 240 g/mol. The summed E-state index contributed by atoms with van der Waals surface area (Å²) in [6.45, 7) is 7.76. The highest BCUT2D eigenvalue weighted by Gasteiger charge is 2.35. The highest BCUT2D eigenvalue weighted by molar-refractivity contribution is 4.93. The van der Waals surface area contributed by atoms with E-state index in [1.54, 1.807) is 0 Å². The predicted molar refractivity (Wildman–Crippen MR) is 76.2 cm³/mol. The molecule has 2 nitrogen and oxygen atoms in total. The molecule has 1 atom stereocenters. The first-order chi connectivity index (χ1) is 8.09. The van der Waals surface area contributed by atoms with E-state index in [0.717, 1.165) is 18.5 Å². The molecular formula is C15H32N2. The maximum atomic E-state index is 6.10. The van der Waals surface area contributed by atoms with E-state index >= 15 is 0 Å². The second-order valence-corrected chi connectivity index (χ2v) is 6.06. The Balaban J connectivity index is 2.66. The van der Waals surface area contributed by atoms with Crippen molar-refractivity contribution in [3.63, 3.8) is 0 Å². The summed E-state index contributed by atoms with van der Waals surface area (Å²) in [4.78, 5) is 2.63. The van der Waals surface area contributed by atoms with E-state index in [1.807, 2.05) is 0 Å². The maximum Gasteiger partial charge on any atom is 0.0328 e. The van der Waals surface area contributed by atoms with E-state index in [0.29, 0.717) is 0 Å². The molecule has 2 heteroatoms. The van der Waals surface area contributed by atoms with Crippen LogP contribution in [0.3, 0.4) is 0 Å². The minimum Gasteiger partial charge on any atom is -0.329 e. The molecule has 0 amide bonds. The summed E-state index contributed by atoms with van der Waals surface area (Å²) in [6.07, 6.45) is 9.17. The number of hydrogen-bond donors (Lipinski definition) is 1. The van der Waals surface area contributed by atoms with Crippen molar-refractivity contribution in [3.05, 3.63) is 0 Å². The Kier molecular flexibility index (Phi) is 5.94. The SMILES string of the molecule is CCCC(CC)(CN)N(C)C1CCC(C)CC1. The Hall–Kier alpha value is -0.0800. The number of nitrogens with two attached hydrogens (primary N) is 1. The second-order valence-electron chi connectivity index (χ2n) is 6.06. The molecule has 0 radical (unpaired) electrons. The molecule has 102 valence electrons. The van der Waals surface area contributed by atoms with Gasteiger partial charge in [-0.05, 0) is 51.5 Å². The van der Waals surface area contributed by atoms with Gasteiger partial charge >= 0.3 is 0 Å². The van der Waals surface area contributed by atoms with Gasteiger partial charge in [0.25, 0.3) is 0 Å².